The predicted molar refractivity (Wildman–Crippen MR) is 64.0 cm³/mol. The average Bonchev–Trinajstić information content (AvgIpc) is 2.67. The van der Waals surface area contributed by atoms with Gasteiger partial charge in [0, 0.05) is 19.0 Å². The molecule has 0 aromatic carbocycles. The fourth-order valence-electron chi connectivity index (χ4n) is 1.25. The number of alkyl halides is 1. The van der Waals surface area contributed by atoms with E-state index >= 15 is 0 Å². The summed E-state index contributed by atoms with van der Waals surface area (Å²) in [5.41, 5.74) is 0.854. The van der Waals surface area contributed by atoms with Crippen LogP contribution in [0.1, 0.15) is 19.4 Å². The maximum Gasteiger partial charge on any atom is 0.252 e. The van der Waals surface area contributed by atoms with Crippen LogP contribution in [0.5, 0.6) is 0 Å². The van der Waals surface area contributed by atoms with E-state index in [1.165, 1.54) is 15.6 Å². The minimum absolute atomic E-state index is 0.351. The molecule has 0 saturated carbocycles. The van der Waals surface area contributed by atoms with Crippen LogP contribution < -0.4 is 0 Å². The van der Waals surface area contributed by atoms with Gasteiger partial charge in [0.2, 0.25) is 0 Å². The van der Waals surface area contributed by atoms with Gasteiger partial charge in [-0.05, 0) is 17.0 Å². The van der Waals surface area contributed by atoms with Gasteiger partial charge in [0.05, 0.1) is 0 Å². The summed E-state index contributed by atoms with van der Waals surface area (Å²) < 4.78 is 25.9. The number of hydrogen-bond acceptors (Lipinski definition) is 3. The Bertz CT molecular complexity index is 410. The summed E-state index contributed by atoms with van der Waals surface area (Å²) in [7, 11) is -3.30. The van der Waals surface area contributed by atoms with Gasteiger partial charge in [-0.25, -0.2) is 8.42 Å². The van der Waals surface area contributed by atoms with Crippen molar-refractivity contribution in [3.63, 3.8) is 0 Å². The molecular weight excluding hydrogens is 254 g/mol. The number of sulfonamides is 1. The Morgan fingerprint density at radius 1 is 1.40 bits per heavy atom. The lowest BCUT2D eigenvalue weighted by molar-refractivity contribution is 0.447. The molecule has 6 heteroatoms. The summed E-state index contributed by atoms with van der Waals surface area (Å²) in [4.78, 5) is 0. The lowest BCUT2D eigenvalue weighted by Gasteiger charge is -2.16. The molecule has 15 heavy (non-hydrogen) atoms. The number of hydrogen-bond donors (Lipinski definition) is 0. The van der Waals surface area contributed by atoms with Gasteiger partial charge in [0.25, 0.3) is 10.0 Å². The van der Waals surface area contributed by atoms with Gasteiger partial charge in [0.1, 0.15) is 4.21 Å². The van der Waals surface area contributed by atoms with E-state index in [1.807, 2.05) is 13.8 Å². The molecule has 1 rings (SSSR count). The van der Waals surface area contributed by atoms with E-state index in [4.69, 9.17) is 11.6 Å². The van der Waals surface area contributed by atoms with E-state index in [0.29, 0.717) is 23.2 Å². The fraction of sp³-hybridized carbons (Fsp3) is 0.556. The maximum atomic E-state index is 12.0. The Labute approximate surface area is 99.7 Å². The highest BCUT2D eigenvalue weighted by Crippen LogP contribution is 2.24. The van der Waals surface area contributed by atoms with Gasteiger partial charge in [0.15, 0.2) is 0 Å². The second-order valence-electron chi connectivity index (χ2n) is 3.00. The van der Waals surface area contributed by atoms with E-state index < -0.39 is 10.0 Å². The minimum Gasteiger partial charge on any atom is -0.206 e. The predicted octanol–water partition coefficient (Wildman–Crippen LogP) is 2.52. The topological polar surface area (TPSA) is 37.4 Å². The third kappa shape index (κ3) is 2.72. The second-order valence-corrected chi connectivity index (χ2v) is 6.34. The van der Waals surface area contributed by atoms with Crippen LogP contribution in [0.3, 0.4) is 0 Å². The molecule has 86 valence electrons. The van der Waals surface area contributed by atoms with E-state index in [1.54, 1.807) is 11.4 Å². The Morgan fingerprint density at radius 3 is 2.40 bits per heavy atom. The van der Waals surface area contributed by atoms with Crippen LogP contribution in [0.25, 0.3) is 0 Å². The van der Waals surface area contributed by atoms with Crippen molar-refractivity contribution in [2.24, 2.45) is 0 Å². The SMILES string of the molecule is CCN(CC)S(=O)(=O)c1cc(CCl)cs1. The monoisotopic (exact) mass is 267 g/mol. The molecule has 0 spiro atoms. The molecule has 1 heterocycles. The molecule has 0 radical (unpaired) electrons. The van der Waals surface area contributed by atoms with Crippen LogP contribution in [0.15, 0.2) is 15.7 Å². The van der Waals surface area contributed by atoms with Gasteiger partial charge < -0.3 is 0 Å². The highest BCUT2D eigenvalue weighted by atomic mass is 35.5. The van der Waals surface area contributed by atoms with Crippen LogP contribution in [0, 0.1) is 0 Å². The third-order valence-corrected chi connectivity index (χ3v) is 5.91. The summed E-state index contributed by atoms with van der Waals surface area (Å²) in [6.07, 6.45) is 0. The first-order chi connectivity index (χ1) is 7.06. The number of halogens is 1. The van der Waals surface area contributed by atoms with Crippen LogP contribution in [0.4, 0.5) is 0 Å². The molecule has 0 amide bonds. The lowest BCUT2D eigenvalue weighted by atomic mass is 10.4. The van der Waals surface area contributed by atoms with E-state index in [9.17, 15) is 8.42 Å². The van der Waals surface area contributed by atoms with Crippen molar-refractivity contribution in [2.45, 2.75) is 23.9 Å². The Kier molecular flexibility index (Phi) is 4.58. The highest BCUT2D eigenvalue weighted by molar-refractivity contribution is 7.91. The fourth-order valence-corrected chi connectivity index (χ4v) is 4.31. The van der Waals surface area contributed by atoms with Crippen molar-refractivity contribution in [3.8, 4) is 0 Å². The first-order valence-corrected chi connectivity index (χ1v) is 7.55. The van der Waals surface area contributed by atoms with Crippen LogP contribution in [-0.2, 0) is 15.9 Å². The van der Waals surface area contributed by atoms with E-state index in [0.717, 1.165) is 5.56 Å². The lowest BCUT2D eigenvalue weighted by Crippen LogP contribution is -2.29. The van der Waals surface area contributed by atoms with E-state index in [-0.39, 0.29) is 0 Å². The molecule has 1 aromatic heterocycles. The first-order valence-electron chi connectivity index (χ1n) is 4.69. The largest absolute Gasteiger partial charge is 0.252 e. The van der Waals surface area contributed by atoms with Crippen LogP contribution in [0.2, 0.25) is 0 Å². The molecule has 0 aliphatic rings. The van der Waals surface area contributed by atoms with Crippen LogP contribution in [-0.4, -0.2) is 25.8 Å². The van der Waals surface area contributed by atoms with Gasteiger partial charge in [-0.15, -0.1) is 22.9 Å². The molecule has 0 N–H and O–H groups in total. The summed E-state index contributed by atoms with van der Waals surface area (Å²) >= 11 is 6.86. The van der Waals surface area contributed by atoms with Gasteiger partial charge in [-0.3, -0.25) is 0 Å². The van der Waals surface area contributed by atoms with Crippen molar-refractivity contribution < 1.29 is 8.42 Å². The second kappa shape index (κ2) is 5.30. The number of thiophene rings is 1. The molecule has 3 nitrogen and oxygen atoms in total. The van der Waals surface area contributed by atoms with Crippen molar-refractivity contribution in [2.75, 3.05) is 13.1 Å². The zero-order chi connectivity index (χ0) is 11.5. The summed E-state index contributed by atoms with van der Waals surface area (Å²) in [5, 5.41) is 1.78. The average molecular weight is 268 g/mol. The smallest absolute Gasteiger partial charge is 0.206 e. The Hall–Kier alpha value is -0.100. The molecular formula is C9H14ClNO2S2. The van der Waals surface area contributed by atoms with Crippen molar-refractivity contribution in [3.05, 3.63) is 17.0 Å². The van der Waals surface area contributed by atoms with Gasteiger partial charge in [-0.2, -0.15) is 4.31 Å². The Balaban J connectivity index is 3.04. The molecule has 0 saturated heterocycles. The molecule has 0 aliphatic heterocycles. The van der Waals surface area contributed by atoms with Crippen LogP contribution >= 0.6 is 22.9 Å². The first kappa shape index (κ1) is 13.0. The van der Waals surface area contributed by atoms with Crippen molar-refractivity contribution in [1.29, 1.82) is 0 Å². The molecule has 0 fully saturated rings. The molecule has 0 bridgehead atoms. The number of nitrogens with zero attached hydrogens (tertiary/aromatic N) is 1. The minimum atomic E-state index is -3.30. The highest BCUT2D eigenvalue weighted by Gasteiger charge is 2.23. The Morgan fingerprint density at radius 2 is 2.00 bits per heavy atom. The summed E-state index contributed by atoms with van der Waals surface area (Å²) in [6, 6.07) is 1.64. The molecule has 0 unspecified atom stereocenters. The quantitative estimate of drug-likeness (QED) is 0.769. The number of rotatable bonds is 5. The normalized spacial score (nSPS) is 12.3. The summed E-state index contributed by atoms with van der Waals surface area (Å²) in [6.45, 7) is 4.65. The zero-order valence-electron chi connectivity index (χ0n) is 8.73. The molecule has 0 atom stereocenters. The summed E-state index contributed by atoms with van der Waals surface area (Å²) in [5.74, 6) is 0.351. The van der Waals surface area contributed by atoms with Gasteiger partial charge >= 0.3 is 0 Å². The van der Waals surface area contributed by atoms with Crippen molar-refractivity contribution in [1.82, 2.24) is 4.31 Å². The molecule has 1 aromatic rings. The standard InChI is InChI=1S/C9H14ClNO2S2/c1-3-11(4-2)15(12,13)9-5-8(6-10)7-14-9/h5,7H,3-4,6H2,1-2H3. The zero-order valence-corrected chi connectivity index (χ0v) is 11.1. The van der Waals surface area contributed by atoms with E-state index in [2.05, 4.69) is 0 Å². The molecule has 0 aliphatic carbocycles. The van der Waals surface area contributed by atoms with Crippen molar-refractivity contribution >= 4 is 33.0 Å². The maximum absolute atomic E-state index is 12.0. The van der Waals surface area contributed by atoms with Gasteiger partial charge in [-0.1, -0.05) is 13.8 Å². The third-order valence-electron chi connectivity index (χ3n) is 2.08.